The van der Waals surface area contributed by atoms with Crippen molar-refractivity contribution in [2.24, 2.45) is 0 Å². The van der Waals surface area contributed by atoms with Crippen LogP contribution < -0.4 is 5.56 Å². The highest BCUT2D eigenvalue weighted by molar-refractivity contribution is 5.87. The van der Waals surface area contributed by atoms with Crippen molar-refractivity contribution in [3.8, 4) is 0 Å². The van der Waals surface area contributed by atoms with E-state index in [2.05, 4.69) is 14.8 Å². The van der Waals surface area contributed by atoms with E-state index in [9.17, 15) is 9.59 Å². The number of aromatic amines is 1. The Labute approximate surface area is 84.5 Å². The fraction of sp³-hybridized carbons (Fsp3) is 0.222. The van der Waals surface area contributed by atoms with E-state index >= 15 is 0 Å². The summed E-state index contributed by atoms with van der Waals surface area (Å²) in [6.07, 6.45) is 1.29. The van der Waals surface area contributed by atoms with Gasteiger partial charge in [0.05, 0.1) is 12.8 Å². The highest BCUT2D eigenvalue weighted by atomic mass is 16.5. The summed E-state index contributed by atoms with van der Waals surface area (Å²) in [6, 6.07) is 1.60. The van der Waals surface area contributed by atoms with Crippen LogP contribution in [0, 0.1) is 6.92 Å². The first kappa shape index (κ1) is 9.45. The summed E-state index contributed by atoms with van der Waals surface area (Å²) < 4.78 is 5.85. The van der Waals surface area contributed by atoms with Crippen LogP contribution in [0.5, 0.6) is 0 Å². The molecule has 2 aromatic rings. The molecule has 78 valence electrons. The van der Waals surface area contributed by atoms with E-state index in [0.717, 1.165) is 0 Å². The van der Waals surface area contributed by atoms with Crippen molar-refractivity contribution in [1.29, 1.82) is 0 Å². The number of methoxy groups -OCH3 is 1. The van der Waals surface area contributed by atoms with Gasteiger partial charge in [-0.15, -0.1) is 0 Å². The molecule has 2 rings (SSSR count). The smallest absolute Gasteiger partial charge is 0.358 e. The molecule has 0 bridgehead atoms. The lowest BCUT2D eigenvalue weighted by Crippen LogP contribution is -2.16. The number of esters is 1. The first-order valence-electron chi connectivity index (χ1n) is 4.30. The first-order chi connectivity index (χ1) is 7.13. The van der Waals surface area contributed by atoms with Crippen LogP contribution in [0.1, 0.15) is 16.2 Å². The second-order valence-corrected chi connectivity index (χ2v) is 3.08. The number of ether oxygens (including phenoxy) is 1. The lowest BCUT2D eigenvalue weighted by atomic mass is 10.4. The number of H-pyrrole nitrogens is 1. The fourth-order valence-electron chi connectivity index (χ4n) is 1.36. The first-order valence-corrected chi connectivity index (χ1v) is 4.30. The van der Waals surface area contributed by atoms with Crippen molar-refractivity contribution in [2.75, 3.05) is 7.11 Å². The molecule has 0 unspecified atom stereocenters. The van der Waals surface area contributed by atoms with Crippen molar-refractivity contribution in [3.63, 3.8) is 0 Å². The van der Waals surface area contributed by atoms with Crippen LogP contribution in [-0.2, 0) is 4.74 Å². The van der Waals surface area contributed by atoms with Gasteiger partial charge in [0.15, 0.2) is 5.69 Å². The number of carbonyl (C=O) groups excluding carboxylic acids is 1. The zero-order valence-corrected chi connectivity index (χ0v) is 8.27. The van der Waals surface area contributed by atoms with Gasteiger partial charge in [0.25, 0.3) is 5.56 Å². The lowest BCUT2D eigenvalue weighted by Gasteiger charge is -2.00. The summed E-state index contributed by atoms with van der Waals surface area (Å²) in [5, 5.41) is 4.04. The molecule has 0 amide bonds. The molecular weight excluding hydrogens is 198 g/mol. The van der Waals surface area contributed by atoms with Gasteiger partial charge in [0.2, 0.25) is 0 Å². The van der Waals surface area contributed by atoms with Crippen molar-refractivity contribution in [1.82, 2.24) is 14.6 Å². The second-order valence-electron chi connectivity index (χ2n) is 3.08. The van der Waals surface area contributed by atoms with Crippen molar-refractivity contribution in [2.45, 2.75) is 6.92 Å². The van der Waals surface area contributed by atoms with Gasteiger partial charge >= 0.3 is 5.97 Å². The van der Waals surface area contributed by atoms with Gasteiger partial charge in [-0.3, -0.25) is 4.79 Å². The fourth-order valence-corrected chi connectivity index (χ4v) is 1.36. The molecule has 0 aliphatic rings. The number of aromatic nitrogens is 3. The van der Waals surface area contributed by atoms with Crippen molar-refractivity contribution < 1.29 is 9.53 Å². The SMILES string of the molecule is COC(=O)c1c[nH]c(=O)c2cc(C)nn12. The monoisotopic (exact) mass is 207 g/mol. The number of rotatable bonds is 1. The van der Waals surface area contributed by atoms with Crippen molar-refractivity contribution in [3.05, 3.63) is 34.0 Å². The van der Waals surface area contributed by atoms with Crippen LogP contribution in [0.15, 0.2) is 17.1 Å². The third kappa shape index (κ3) is 1.39. The number of carbonyl (C=O) groups is 1. The zero-order chi connectivity index (χ0) is 11.0. The number of hydrogen-bond acceptors (Lipinski definition) is 4. The van der Waals surface area contributed by atoms with Gasteiger partial charge in [0, 0.05) is 6.20 Å². The summed E-state index contributed by atoms with van der Waals surface area (Å²) in [5.41, 5.74) is 0.899. The Balaban J connectivity index is 2.82. The van der Waals surface area contributed by atoms with Crippen LogP contribution in [0.4, 0.5) is 0 Å². The molecule has 6 nitrogen and oxygen atoms in total. The van der Waals surface area contributed by atoms with E-state index < -0.39 is 5.97 Å². The highest BCUT2D eigenvalue weighted by Gasteiger charge is 2.13. The lowest BCUT2D eigenvalue weighted by molar-refractivity contribution is 0.0590. The second kappa shape index (κ2) is 3.23. The van der Waals surface area contributed by atoms with Gasteiger partial charge in [0.1, 0.15) is 5.52 Å². The minimum Gasteiger partial charge on any atom is -0.464 e. The highest BCUT2D eigenvalue weighted by Crippen LogP contribution is 2.04. The Morgan fingerprint density at radius 1 is 1.60 bits per heavy atom. The summed E-state index contributed by atoms with van der Waals surface area (Å²) in [5.74, 6) is -0.542. The molecule has 0 aromatic carbocycles. The maximum atomic E-state index is 11.4. The summed E-state index contributed by atoms with van der Waals surface area (Å²) >= 11 is 0. The molecule has 6 heteroatoms. The Morgan fingerprint density at radius 2 is 2.33 bits per heavy atom. The molecule has 15 heavy (non-hydrogen) atoms. The van der Waals surface area contributed by atoms with Crippen LogP contribution in [0.3, 0.4) is 0 Å². The molecule has 1 N–H and O–H groups in total. The quantitative estimate of drug-likeness (QED) is 0.674. The van der Waals surface area contributed by atoms with Gasteiger partial charge in [-0.1, -0.05) is 0 Å². The average Bonchev–Trinajstić information content (AvgIpc) is 2.60. The van der Waals surface area contributed by atoms with Gasteiger partial charge in [-0.25, -0.2) is 9.31 Å². The number of fused-ring (bicyclic) bond motifs is 1. The molecule has 0 saturated heterocycles. The van der Waals surface area contributed by atoms with E-state index in [0.29, 0.717) is 11.2 Å². The third-order valence-corrected chi connectivity index (χ3v) is 2.03. The Bertz CT molecular complexity index is 582. The predicted octanol–water partition coefficient (Wildman–Crippen LogP) is 0.118. The molecule has 0 saturated carbocycles. The molecule has 2 aromatic heterocycles. The minimum absolute atomic E-state index is 0.195. The predicted molar refractivity (Wildman–Crippen MR) is 51.9 cm³/mol. The maximum Gasteiger partial charge on any atom is 0.358 e. The molecule has 0 fully saturated rings. The molecule has 0 atom stereocenters. The standard InChI is InChI=1S/C9H9N3O3/c1-5-3-6-8(13)10-4-7(9(14)15-2)12(6)11-5/h3-4H,1-2H3,(H,10,13). The largest absolute Gasteiger partial charge is 0.464 e. The minimum atomic E-state index is -0.542. The average molecular weight is 207 g/mol. The number of hydrogen-bond donors (Lipinski definition) is 1. The topological polar surface area (TPSA) is 76.5 Å². The summed E-state index contributed by atoms with van der Waals surface area (Å²) in [4.78, 5) is 25.2. The maximum absolute atomic E-state index is 11.4. The molecular formula is C9H9N3O3. The van der Waals surface area contributed by atoms with E-state index in [1.165, 1.54) is 17.8 Å². The van der Waals surface area contributed by atoms with Gasteiger partial charge in [-0.2, -0.15) is 5.10 Å². The Morgan fingerprint density at radius 3 is 3.00 bits per heavy atom. The van der Waals surface area contributed by atoms with Crippen LogP contribution in [0.25, 0.3) is 5.52 Å². The van der Waals surface area contributed by atoms with E-state index in [4.69, 9.17) is 0 Å². The Hall–Kier alpha value is -2.11. The van der Waals surface area contributed by atoms with Gasteiger partial charge < -0.3 is 9.72 Å². The van der Waals surface area contributed by atoms with E-state index in [-0.39, 0.29) is 11.3 Å². The number of nitrogens with one attached hydrogen (secondary N) is 1. The van der Waals surface area contributed by atoms with E-state index in [1.54, 1.807) is 13.0 Å². The summed E-state index contributed by atoms with van der Waals surface area (Å²) in [6.45, 7) is 1.74. The Kier molecular flexibility index (Phi) is 2.03. The van der Waals surface area contributed by atoms with Crippen LogP contribution in [-0.4, -0.2) is 27.7 Å². The molecule has 0 aliphatic heterocycles. The zero-order valence-electron chi connectivity index (χ0n) is 8.27. The molecule has 0 radical (unpaired) electrons. The number of aryl methyl sites for hydroxylation is 1. The molecule has 0 spiro atoms. The normalized spacial score (nSPS) is 10.5. The van der Waals surface area contributed by atoms with E-state index in [1.807, 2.05) is 0 Å². The van der Waals surface area contributed by atoms with Crippen LogP contribution in [0.2, 0.25) is 0 Å². The molecule has 2 heterocycles. The van der Waals surface area contributed by atoms with Crippen molar-refractivity contribution >= 4 is 11.5 Å². The van der Waals surface area contributed by atoms with Gasteiger partial charge in [-0.05, 0) is 13.0 Å². The third-order valence-electron chi connectivity index (χ3n) is 2.03. The summed E-state index contributed by atoms with van der Waals surface area (Å²) in [7, 11) is 1.27. The number of nitrogens with zero attached hydrogens (tertiary/aromatic N) is 2. The van der Waals surface area contributed by atoms with Crippen LogP contribution >= 0.6 is 0 Å². The molecule has 0 aliphatic carbocycles.